The molecule has 0 saturated heterocycles. The molecular weight excluding hydrogens is 308 g/mol. The van der Waals surface area contributed by atoms with E-state index in [4.69, 9.17) is 11.5 Å². The second-order valence-electron chi connectivity index (χ2n) is 3.68. The quantitative estimate of drug-likeness (QED) is 0.577. The van der Waals surface area contributed by atoms with Crippen molar-refractivity contribution in [2.24, 2.45) is 11.5 Å². The molecule has 0 radical (unpaired) electrons. The molecule has 1 heterocycles. The zero-order valence-corrected chi connectivity index (χ0v) is 11.0. The lowest BCUT2D eigenvalue weighted by Crippen LogP contribution is -2.42. The lowest BCUT2D eigenvalue weighted by molar-refractivity contribution is -0.386. The predicted octanol–water partition coefficient (Wildman–Crippen LogP) is -0.360. The zero-order valence-electron chi connectivity index (χ0n) is 9.42. The Bertz CT molecular complexity index is 568. The molecule has 0 bridgehead atoms. The predicted molar refractivity (Wildman–Crippen MR) is 67.0 cm³/mol. The van der Waals surface area contributed by atoms with Gasteiger partial charge in [0.2, 0.25) is 5.91 Å². The number of nitro groups is 1. The van der Waals surface area contributed by atoms with Gasteiger partial charge >= 0.3 is 0 Å². The molecule has 0 aliphatic carbocycles. The number of carbonyl (C=O) groups is 1. The lowest BCUT2D eigenvalue weighted by Gasteiger charge is -2.11. The molecule has 1 unspecified atom stereocenters. The fraction of sp³-hybridized carbons (Fsp3) is 0.333. The lowest BCUT2D eigenvalue weighted by atomic mass is 10.2. The van der Waals surface area contributed by atoms with Crippen molar-refractivity contribution in [1.29, 1.82) is 0 Å². The van der Waals surface area contributed by atoms with Crippen molar-refractivity contribution in [1.82, 2.24) is 4.57 Å². The zero-order chi connectivity index (χ0) is 14.0. The van der Waals surface area contributed by atoms with Gasteiger partial charge in [-0.15, -0.1) is 0 Å². The Balaban J connectivity index is 3.33. The summed E-state index contributed by atoms with van der Waals surface area (Å²) in [4.78, 5) is 32.8. The number of hydrogen-bond acceptors (Lipinski definition) is 5. The van der Waals surface area contributed by atoms with Crippen molar-refractivity contribution in [3.05, 3.63) is 36.7 Å². The highest BCUT2D eigenvalue weighted by molar-refractivity contribution is 9.10. The van der Waals surface area contributed by atoms with E-state index >= 15 is 0 Å². The van der Waals surface area contributed by atoms with Crippen LogP contribution in [0.2, 0.25) is 0 Å². The van der Waals surface area contributed by atoms with E-state index in [1.807, 2.05) is 0 Å². The Hall–Kier alpha value is -1.74. The molecule has 1 aromatic heterocycles. The highest BCUT2D eigenvalue weighted by atomic mass is 79.9. The van der Waals surface area contributed by atoms with Gasteiger partial charge in [0.1, 0.15) is 6.04 Å². The molecule has 0 fully saturated rings. The summed E-state index contributed by atoms with van der Waals surface area (Å²) in [6, 6.07) is -1.09. The summed E-state index contributed by atoms with van der Waals surface area (Å²) in [6.07, 6.45) is 1.05. The summed E-state index contributed by atoms with van der Waals surface area (Å²) in [7, 11) is 0. The van der Waals surface area contributed by atoms with Crippen molar-refractivity contribution in [3.8, 4) is 0 Å². The van der Waals surface area contributed by atoms with Crippen molar-refractivity contribution >= 4 is 27.5 Å². The first-order valence-electron chi connectivity index (χ1n) is 4.84. The number of hydrogen-bond donors (Lipinski definition) is 2. The number of amides is 1. The molecule has 98 valence electrons. The third-order valence-corrected chi connectivity index (χ3v) is 3.33. The smallest absolute Gasteiger partial charge is 0.289 e. The summed E-state index contributed by atoms with van der Waals surface area (Å²) >= 11 is 2.98. The van der Waals surface area contributed by atoms with E-state index in [2.05, 4.69) is 15.9 Å². The Morgan fingerprint density at radius 3 is 2.67 bits per heavy atom. The van der Waals surface area contributed by atoms with E-state index in [1.165, 1.54) is 6.92 Å². The Kier molecular flexibility index (Phi) is 4.19. The summed E-state index contributed by atoms with van der Waals surface area (Å²) in [5, 5.41) is 10.8. The topological polar surface area (TPSA) is 134 Å². The minimum Gasteiger partial charge on any atom is -0.368 e. The van der Waals surface area contributed by atoms with Gasteiger partial charge in [0.05, 0.1) is 22.1 Å². The summed E-state index contributed by atoms with van der Waals surface area (Å²) < 4.78 is 1.05. The number of rotatable bonds is 4. The second-order valence-corrected chi connectivity index (χ2v) is 4.47. The molecule has 1 aromatic rings. The first-order chi connectivity index (χ1) is 8.25. The van der Waals surface area contributed by atoms with Crippen molar-refractivity contribution in [3.63, 3.8) is 0 Å². The van der Waals surface area contributed by atoms with Crippen LogP contribution in [-0.4, -0.2) is 21.4 Å². The fourth-order valence-electron chi connectivity index (χ4n) is 1.32. The molecular formula is C9H11BrN4O4. The van der Waals surface area contributed by atoms with E-state index in [9.17, 15) is 19.7 Å². The van der Waals surface area contributed by atoms with Crippen LogP contribution in [-0.2, 0) is 11.3 Å². The van der Waals surface area contributed by atoms with Crippen LogP contribution in [0.15, 0.2) is 15.5 Å². The van der Waals surface area contributed by atoms with Crippen LogP contribution in [0, 0.1) is 17.0 Å². The molecule has 0 aliphatic rings. The molecule has 1 rings (SSSR count). The number of halogens is 1. The summed E-state index contributed by atoms with van der Waals surface area (Å²) in [5.41, 5.74) is 9.86. The van der Waals surface area contributed by atoms with Gasteiger partial charge in [-0.05, 0) is 22.9 Å². The first-order valence-corrected chi connectivity index (χ1v) is 5.63. The van der Waals surface area contributed by atoms with Gasteiger partial charge in [-0.3, -0.25) is 19.7 Å². The maximum absolute atomic E-state index is 11.8. The monoisotopic (exact) mass is 318 g/mol. The van der Waals surface area contributed by atoms with Gasteiger partial charge in [-0.25, -0.2) is 0 Å². The molecule has 0 saturated carbocycles. The molecule has 9 heteroatoms. The minimum absolute atomic E-state index is 0.0633. The molecule has 8 nitrogen and oxygen atoms in total. The maximum atomic E-state index is 11.8. The van der Waals surface area contributed by atoms with E-state index in [-0.39, 0.29) is 22.3 Å². The minimum atomic E-state index is -1.09. The van der Waals surface area contributed by atoms with E-state index in [0.29, 0.717) is 0 Å². The van der Waals surface area contributed by atoms with Crippen molar-refractivity contribution < 1.29 is 9.72 Å². The van der Waals surface area contributed by atoms with Gasteiger partial charge in [0.15, 0.2) is 0 Å². The average molecular weight is 319 g/mol. The van der Waals surface area contributed by atoms with Crippen LogP contribution in [0.25, 0.3) is 0 Å². The number of nitrogens with zero attached hydrogens (tertiary/aromatic N) is 2. The van der Waals surface area contributed by atoms with E-state index in [1.54, 1.807) is 0 Å². The van der Waals surface area contributed by atoms with Crippen molar-refractivity contribution in [2.45, 2.75) is 19.5 Å². The Labute approximate surface area is 110 Å². The first kappa shape index (κ1) is 14.3. The van der Waals surface area contributed by atoms with Crippen LogP contribution in [0.3, 0.4) is 0 Å². The Morgan fingerprint density at radius 1 is 1.67 bits per heavy atom. The fourth-order valence-corrected chi connectivity index (χ4v) is 1.75. The van der Waals surface area contributed by atoms with Crippen LogP contribution >= 0.6 is 15.9 Å². The summed E-state index contributed by atoms with van der Waals surface area (Å²) in [6.45, 7) is 1.23. The third-order valence-electron chi connectivity index (χ3n) is 2.40. The SMILES string of the molecule is Cc1c([N+](=O)[O-])cn(CC(N)C(N)=O)c(=O)c1Br. The van der Waals surface area contributed by atoms with E-state index < -0.39 is 22.4 Å². The van der Waals surface area contributed by atoms with Gasteiger partial charge < -0.3 is 16.0 Å². The van der Waals surface area contributed by atoms with Crippen LogP contribution in [0.1, 0.15) is 5.56 Å². The number of aromatic nitrogens is 1. The van der Waals surface area contributed by atoms with Gasteiger partial charge in [0.25, 0.3) is 11.2 Å². The molecule has 0 spiro atoms. The normalized spacial score (nSPS) is 12.2. The van der Waals surface area contributed by atoms with E-state index in [0.717, 1.165) is 10.8 Å². The molecule has 18 heavy (non-hydrogen) atoms. The number of primary amides is 1. The average Bonchev–Trinajstić information content (AvgIpc) is 2.29. The number of nitrogens with two attached hydrogens (primary N) is 2. The molecule has 0 aromatic carbocycles. The molecule has 1 atom stereocenters. The standard InChI is InChI=1S/C9H11BrN4O4/c1-4-6(14(17)18)3-13(9(16)7(4)10)2-5(11)8(12)15/h3,5H,2,11H2,1H3,(H2,12,15). The largest absolute Gasteiger partial charge is 0.368 e. The van der Waals surface area contributed by atoms with Crippen molar-refractivity contribution in [2.75, 3.05) is 0 Å². The Morgan fingerprint density at radius 2 is 2.22 bits per heavy atom. The molecule has 0 aliphatic heterocycles. The highest BCUT2D eigenvalue weighted by Gasteiger charge is 2.20. The second kappa shape index (κ2) is 5.27. The third kappa shape index (κ3) is 2.74. The summed E-state index contributed by atoms with van der Waals surface area (Å²) in [5.74, 6) is -0.791. The highest BCUT2D eigenvalue weighted by Crippen LogP contribution is 2.22. The number of carbonyl (C=O) groups excluding carboxylic acids is 1. The van der Waals surface area contributed by atoms with Gasteiger partial charge in [-0.2, -0.15) is 0 Å². The van der Waals surface area contributed by atoms with Gasteiger partial charge in [-0.1, -0.05) is 0 Å². The number of pyridine rings is 1. The van der Waals surface area contributed by atoms with Crippen LogP contribution in [0.4, 0.5) is 5.69 Å². The van der Waals surface area contributed by atoms with Crippen LogP contribution in [0.5, 0.6) is 0 Å². The van der Waals surface area contributed by atoms with Crippen LogP contribution < -0.4 is 17.0 Å². The molecule has 1 amide bonds. The molecule has 4 N–H and O–H groups in total. The maximum Gasteiger partial charge on any atom is 0.289 e. The van der Waals surface area contributed by atoms with Gasteiger partial charge in [0, 0.05) is 5.56 Å².